The van der Waals surface area contributed by atoms with E-state index in [1.165, 1.54) is 6.20 Å². The number of aromatic nitrogens is 2. The summed E-state index contributed by atoms with van der Waals surface area (Å²) >= 11 is 0. The van der Waals surface area contributed by atoms with Crippen molar-refractivity contribution in [1.82, 2.24) is 9.97 Å². The minimum atomic E-state index is -0.512. The van der Waals surface area contributed by atoms with E-state index >= 15 is 0 Å². The van der Waals surface area contributed by atoms with E-state index in [4.69, 9.17) is 11.5 Å². The first-order valence-electron chi connectivity index (χ1n) is 3.74. The number of amides is 1. The van der Waals surface area contributed by atoms with E-state index in [0.29, 0.717) is 11.8 Å². The predicted octanol–water partition coefficient (Wildman–Crippen LogP) is -0.655. The fourth-order valence-corrected chi connectivity index (χ4v) is 0.707. The topological polar surface area (TPSA) is 107 Å². The molecule has 0 radical (unpaired) electrons. The molecule has 70 valence electrons. The maximum Gasteiger partial charge on any atom is 0.239 e. The predicted molar refractivity (Wildman–Crippen MR) is 48.7 cm³/mol. The smallest absolute Gasteiger partial charge is 0.239 e. The number of carbonyl (C=O) groups excluding carboxylic acids is 1. The molecule has 5 N–H and O–H groups in total. The van der Waals surface area contributed by atoms with Crippen LogP contribution >= 0.6 is 0 Å². The van der Waals surface area contributed by atoms with Crippen LogP contribution in [0.5, 0.6) is 0 Å². The van der Waals surface area contributed by atoms with Gasteiger partial charge in [-0.2, -0.15) is 4.98 Å². The molecule has 0 saturated carbocycles. The van der Waals surface area contributed by atoms with Crippen LogP contribution in [-0.2, 0) is 4.79 Å². The summed E-state index contributed by atoms with van der Waals surface area (Å²) in [6.45, 7) is 1.62. The highest BCUT2D eigenvalue weighted by atomic mass is 16.1. The number of rotatable bonds is 3. The van der Waals surface area contributed by atoms with Crippen LogP contribution in [0.25, 0.3) is 0 Å². The summed E-state index contributed by atoms with van der Waals surface area (Å²) in [5.74, 6) is 0.173. The zero-order valence-electron chi connectivity index (χ0n) is 7.19. The number of hydrogen-bond donors (Lipinski definition) is 3. The zero-order chi connectivity index (χ0) is 9.84. The van der Waals surface area contributed by atoms with Gasteiger partial charge in [0.25, 0.3) is 0 Å². The van der Waals surface area contributed by atoms with Crippen molar-refractivity contribution in [1.29, 1.82) is 0 Å². The van der Waals surface area contributed by atoms with Crippen molar-refractivity contribution in [2.24, 2.45) is 5.73 Å². The van der Waals surface area contributed by atoms with Crippen molar-refractivity contribution in [3.63, 3.8) is 0 Å². The maximum absolute atomic E-state index is 10.7. The Hall–Kier alpha value is -1.85. The Kier molecular flexibility index (Phi) is 2.63. The Labute approximate surface area is 75.4 Å². The van der Waals surface area contributed by atoms with Gasteiger partial charge in [-0.05, 0) is 13.0 Å². The molecule has 0 aliphatic heterocycles. The molecule has 1 aromatic rings. The highest BCUT2D eigenvalue weighted by Gasteiger charge is 2.08. The van der Waals surface area contributed by atoms with Gasteiger partial charge in [-0.1, -0.05) is 0 Å². The van der Waals surface area contributed by atoms with Crippen molar-refractivity contribution < 1.29 is 4.79 Å². The second-order valence-electron chi connectivity index (χ2n) is 2.57. The molecule has 1 unspecified atom stereocenters. The van der Waals surface area contributed by atoms with Gasteiger partial charge in [-0.15, -0.1) is 0 Å². The van der Waals surface area contributed by atoms with Crippen molar-refractivity contribution in [3.8, 4) is 0 Å². The largest absolute Gasteiger partial charge is 0.384 e. The number of nitrogens with two attached hydrogens (primary N) is 2. The third-order valence-electron chi connectivity index (χ3n) is 1.45. The average Bonchev–Trinajstić information content (AvgIpc) is 2.04. The molecule has 1 atom stereocenters. The third-order valence-corrected chi connectivity index (χ3v) is 1.45. The molecule has 6 nitrogen and oxygen atoms in total. The summed E-state index contributed by atoms with van der Waals surface area (Å²) in [7, 11) is 0. The quantitative estimate of drug-likeness (QED) is 0.574. The maximum atomic E-state index is 10.7. The Bertz CT molecular complexity index is 314. The summed E-state index contributed by atoms with van der Waals surface area (Å²) in [6.07, 6.45) is 1.50. The van der Waals surface area contributed by atoms with Crippen molar-refractivity contribution in [2.75, 3.05) is 11.1 Å². The number of anilines is 2. The lowest BCUT2D eigenvalue weighted by Gasteiger charge is -2.09. The summed E-state index contributed by atoms with van der Waals surface area (Å²) in [4.78, 5) is 18.4. The molecular weight excluding hydrogens is 170 g/mol. The average molecular weight is 181 g/mol. The molecule has 0 aromatic carbocycles. The summed E-state index contributed by atoms with van der Waals surface area (Å²) in [5, 5.41) is 2.71. The van der Waals surface area contributed by atoms with Gasteiger partial charge < -0.3 is 16.8 Å². The van der Waals surface area contributed by atoms with Crippen molar-refractivity contribution in [2.45, 2.75) is 13.0 Å². The second-order valence-corrected chi connectivity index (χ2v) is 2.57. The molecule has 13 heavy (non-hydrogen) atoms. The number of nitrogens with zero attached hydrogens (tertiary/aromatic N) is 2. The van der Waals surface area contributed by atoms with Crippen molar-refractivity contribution in [3.05, 3.63) is 12.3 Å². The van der Waals surface area contributed by atoms with Crippen molar-refractivity contribution >= 4 is 17.7 Å². The van der Waals surface area contributed by atoms with E-state index in [0.717, 1.165) is 0 Å². The first-order valence-corrected chi connectivity index (χ1v) is 3.74. The molecule has 0 bridgehead atoms. The van der Waals surface area contributed by atoms with Crippen LogP contribution < -0.4 is 16.8 Å². The molecule has 0 fully saturated rings. The summed E-state index contributed by atoms with van der Waals surface area (Å²) < 4.78 is 0. The van der Waals surface area contributed by atoms with E-state index < -0.39 is 11.9 Å². The lowest BCUT2D eigenvalue weighted by atomic mass is 10.3. The first kappa shape index (κ1) is 9.24. The highest BCUT2D eigenvalue weighted by Crippen LogP contribution is 2.02. The van der Waals surface area contributed by atoms with E-state index in [2.05, 4.69) is 15.3 Å². The van der Waals surface area contributed by atoms with Gasteiger partial charge in [0, 0.05) is 6.20 Å². The molecule has 1 heterocycles. The zero-order valence-corrected chi connectivity index (χ0v) is 7.19. The molecular formula is C7H11N5O. The molecule has 0 aliphatic carbocycles. The molecule has 6 heteroatoms. The molecule has 1 rings (SSSR count). The van der Waals surface area contributed by atoms with E-state index in [-0.39, 0.29) is 0 Å². The fraction of sp³-hybridized carbons (Fsp3) is 0.286. The summed E-state index contributed by atoms with van der Waals surface area (Å²) in [5.41, 5.74) is 10.4. The van der Waals surface area contributed by atoms with E-state index in [1.54, 1.807) is 13.0 Å². The lowest BCUT2D eigenvalue weighted by Crippen LogP contribution is -2.33. The van der Waals surface area contributed by atoms with Gasteiger partial charge in [0.2, 0.25) is 11.9 Å². The molecule has 1 amide bonds. The number of carbonyl (C=O) groups is 1. The monoisotopic (exact) mass is 181 g/mol. The van der Waals surface area contributed by atoms with Crippen LogP contribution in [0.15, 0.2) is 12.3 Å². The number of nitrogens with one attached hydrogen (secondary N) is 1. The Morgan fingerprint density at radius 1 is 1.69 bits per heavy atom. The van der Waals surface area contributed by atoms with E-state index in [9.17, 15) is 4.79 Å². The van der Waals surface area contributed by atoms with Gasteiger partial charge in [0.1, 0.15) is 11.9 Å². The van der Waals surface area contributed by atoms with Crippen LogP contribution in [0, 0.1) is 0 Å². The van der Waals surface area contributed by atoms with Crippen LogP contribution in [-0.4, -0.2) is 21.9 Å². The molecule has 0 saturated heterocycles. The van der Waals surface area contributed by atoms with E-state index in [1.807, 2.05) is 0 Å². The number of primary amides is 1. The minimum absolute atomic E-state index is 0.298. The minimum Gasteiger partial charge on any atom is -0.384 e. The standard InChI is InChI=1S/C7H11N5O/c1-4(6(9)13)11-7-10-3-2-5(8)12-7/h2-4H,1H3,(H2,9,13)(H3,8,10,11,12). The SMILES string of the molecule is CC(Nc1nccc(N)n1)C(N)=O. The van der Waals surface area contributed by atoms with Gasteiger partial charge in [0.05, 0.1) is 0 Å². The van der Waals surface area contributed by atoms with Gasteiger partial charge in [-0.25, -0.2) is 4.98 Å². The normalized spacial score (nSPS) is 12.1. The molecule has 1 aromatic heterocycles. The first-order chi connectivity index (χ1) is 6.09. The Morgan fingerprint density at radius 2 is 2.38 bits per heavy atom. The van der Waals surface area contributed by atoms with Gasteiger partial charge in [-0.3, -0.25) is 4.79 Å². The van der Waals surface area contributed by atoms with Gasteiger partial charge in [0.15, 0.2) is 0 Å². The number of hydrogen-bond acceptors (Lipinski definition) is 5. The van der Waals surface area contributed by atoms with Crippen LogP contribution in [0.4, 0.5) is 11.8 Å². The Morgan fingerprint density at radius 3 is 2.92 bits per heavy atom. The summed E-state index contributed by atoms with van der Waals surface area (Å²) in [6, 6.07) is 1.04. The van der Waals surface area contributed by atoms with Crippen LogP contribution in [0.2, 0.25) is 0 Å². The highest BCUT2D eigenvalue weighted by molar-refractivity contribution is 5.81. The van der Waals surface area contributed by atoms with Crippen LogP contribution in [0.3, 0.4) is 0 Å². The second kappa shape index (κ2) is 3.70. The molecule has 0 spiro atoms. The lowest BCUT2D eigenvalue weighted by molar-refractivity contribution is -0.118. The fourth-order valence-electron chi connectivity index (χ4n) is 0.707. The molecule has 0 aliphatic rings. The Balaban J connectivity index is 2.69. The third kappa shape index (κ3) is 2.58. The van der Waals surface area contributed by atoms with Gasteiger partial charge >= 0.3 is 0 Å². The number of nitrogen functional groups attached to an aromatic ring is 1. The van der Waals surface area contributed by atoms with Crippen LogP contribution in [0.1, 0.15) is 6.92 Å².